The maximum absolute atomic E-state index is 13.4. The number of nitrogens with zero attached hydrogens (tertiary/aromatic N) is 1. The summed E-state index contributed by atoms with van der Waals surface area (Å²) in [6.07, 6.45) is 0.169. The van der Waals surface area contributed by atoms with E-state index in [0.717, 1.165) is 0 Å². The molecule has 0 saturated heterocycles. The van der Waals surface area contributed by atoms with Gasteiger partial charge in [0, 0.05) is 12.0 Å². The molecule has 1 aliphatic heterocycles. The molecule has 0 saturated carbocycles. The van der Waals surface area contributed by atoms with Crippen LogP contribution in [0.5, 0.6) is 5.75 Å². The number of hydrogen-bond donors (Lipinski definition) is 1. The smallest absolute Gasteiger partial charge is 0.165 e. The maximum atomic E-state index is 13.4. The summed E-state index contributed by atoms with van der Waals surface area (Å²) in [5.41, 5.74) is 1.29. The van der Waals surface area contributed by atoms with Crippen LogP contribution in [-0.2, 0) is 4.84 Å². The van der Waals surface area contributed by atoms with E-state index in [1.807, 2.05) is 0 Å². The molecule has 0 aliphatic carbocycles. The molecule has 1 aromatic carbocycles. The van der Waals surface area contributed by atoms with E-state index in [9.17, 15) is 4.39 Å². The van der Waals surface area contributed by atoms with Gasteiger partial charge in [-0.15, -0.1) is 0 Å². The van der Waals surface area contributed by atoms with Crippen molar-refractivity contribution in [1.29, 1.82) is 0 Å². The lowest BCUT2D eigenvalue weighted by Gasteiger charge is -2.04. The summed E-state index contributed by atoms with van der Waals surface area (Å²) in [7, 11) is 1.41. The third-order valence-corrected chi connectivity index (χ3v) is 2.42. The van der Waals surface area contributed by atoms with Gasteiger partial charge in [-0.3, -0.25) is 0 Å². The first kappa shape index (κ1) is 10.9. The van der Waals surface area contributed by atoms with Crippen LogP contribution in [0.1, 0.15) is 12.0 Å². The second kappa shape index (κ2) is 4.49. The first-order valence-corrected chi connectivity index (χ1v) is 4.92. The Labute approximate surface area is 92.3 Å². The lowest BCUT2D eigenvalue weighted by molar-refractivity contribution is 0.0390. The maximum Gasteiger partial charge on any atom is 0.165 e. The summed E-state index contributed by atoms with van der Waals surface area (Å²) in [5, 5.41) is 12.7. The van der Waals surface area contributed by atoms with Crippen molar-refractivity contribution in [2.45, 2.75) is 12.5 Å². The molecule has 2 rings (SSSR count). The van der Waals surface area contributed by atoms with Crippen molar-refractivity contribution >= 4 is 5.71 Å². The second-order valence-electron chi connectivity index (χ2n) is 3.50. The number of rotatable bonds is 3. The monoisotopic (exact) mass is 225 g/mol. The van der Waals surface area contributed by atoms with Crippen LogP contribution in [0.4, 0.5) is 4.39 Å². The second-order valence-corrected chi connectivity index (χ2v) is 3.50. The van der Waals surface area contributed by atoms with Gasteiger partial charge in [-0.1, -0.05) is 5.16 Å². The fourth-order valence-corrected chi connectivity index (χ4v) is 1.54. The molecule has 0 amide bonds. The third kappa shape index (κ3) is 1.99. The summed E-state index contributed by atoms with van der Waals surface area (Å²) in [6, 6.07) is 4.60. The number of methoxy groups -OCH3 is 1. The van der Waals surface area contributed by atoms with Crippen molar-refractivity contribution in [2.24, 2.45) is 5.16 Å². The van der Waals surface area contributed by atoms with Gasteiger partial charge in [0.1, 0.15) is 0 Å². The Kier molecular flexibility index (Phi) is 3.05. The highest BCUT2D eigenvalue weighted by Crippen LogP contribution is 2.22. The number of ether oxygens (including phenoxy) is 1. The minimum atomic E-state index is -0.435. The molecular formula is C11H12FNO3. The molecular weight excluding hydrogens is 213 g/mol. The van der Waals surface area contributed by atoms with E-state index in [1.165, 1.54) is 13.2 Å². The van der Waals surface area contributed by atoms with Crippen molar-refractivity contribution in [1.82, 2.24) is 0 Å². The molecule has 5 heteroatoms. The molecule has 0 bridgehead atoms. The SMILES string of the molecule is COc1ccc(C2=NOC(CO)C2)cc1F. The molecule has 0 spiro atoms. The summed E-state index contributed by atoms with van der Waals surface area (Å²) in [6.45, 7) is -0.0916. The van der Waals surface area contributed by atoms with Crippen LogP contribution >= 0.6 is 0 Å². The minimum Gasteiger partial charge on any atom is -0.494 e. The topological polar surface area (TPSA) is 51.0 Å². The van der Waals surface area contributed by atoms with Crippen LogP contribution in [0.2, 0.25) is 0 Å². The van der Waals surface area contributed by atoms with Gasteiger partial charge < -0.3 is 14.7 Å². The van der Waals surface area contributed by atoms with Crippen molar-refractivity contribution in [3.63, 3.8) is 0 Å². The van der Waals surface area contributed by atoms with E-state index in [0.29, 0.717) is 17.7 Å². The predicted octanol–water partition coefficient (Wildman–Crippen LogP) is 1.32. The Morgan fingerprint density at radius 3 is 3.00 bits per heavy atom. The molecule has 86 valence electrons. The summed E-state index contributed by atoms with van der Waals surface area (Å²) in [5.74, 6) is -0.239. The molecule has 1 atom stereocenters. The molecule has 1 heterocycles. The molecule has 1 aliphatic rings. The Balaban J connectivity index is 2.20. The zero-order chi connectivity index (χ0) is 11.5. The van der Waals surface area contributed by atoms with Gasteiger partial charge in [-0.05, 0) is 18.2 Å². The van der Waals surface area contributed by atoms with Crippen molar-refractivity contribution in [3.8, 4) is 5.75 Å². The van der Waals surface area contributed by atoms with Crippen molar-refractivity contribution in [2.75, 3.05) is 13.7 Å². The molecule has 16 heavy (non-hydrogen) atoms. The average Bonchev–Trinajstić information content (AvgIpc) is 2.77. The summed E-state index contributed by atoms with van der Waals surface area (Å²) in [4.78, 5) is 4.95. The molecule has 0 radical (unpaired) electrons. The fraction of sp³-hybridized carbons (Fsp3) is 0.364. The van der Waals surface area contributed by atoms with Gasteiger partial charge in [0.05, 0.1) is 19.4 Å². The Morgan fingerprint density at radius 1 is 1.62 bits per heavy atom. The van der Waals surface area contributed by atoms with Crippen LogP contribution in [-0.4, -0.2) is 30.6 Å². The number of benzene rings is 1. The highest BCUT2D eigenvalue weighted by Gasteiger charge is 2.21. The Bertz CT molecular complexity index is 420. The number of aliphatic hydroxyl groups excluding tert-OH is 1. The predicted molar refractivity (Wildman–Crippen MR) is 56.1 cm³/mol. The van der Waals surface area contributed by atoms with Crippen LogP contribution in [0, 0.1) is 5.82 Å². The van der Waals surface area contributed by atoms with Gasteiger partial charge in [-0.2, -0.15) is 0 Å². The number of hydrogen-bond acceptors (Lipinski definition) is 4. The number of oxime groups is 1. The molecule has 1 unspecified atom stereocenters. The lowest BCUT2D eigenvalue weighted by atomic mass is 10.1. The highest BCUT2D eigenvalue weighted by atomic mass is 19.1. The molecule has 1 aromatic rings. The van der Waals surface area contributed by atoms with Gasteiger partial charge >= 0.3 is 0 Å². The van der Waals surface area contributed by atoms with Crippen molar-refractivity contribution < 1.29 is 19.1 Å². The van der Waals surface area contributed by atoms with Gasteiger partial charge in [-0.25, -0.2) is 4.39 Å². The molecule has 0 aromatic heterocycles. The largest absolute Gasteiger partial charge is 0.494 e. The molecule has 0 fully saturated rings. The standard InChI is InChI=1S/C11H12FNO3/c1-15-11-3-2-7(4-9(11)12)10-5-8(6-14)16-13-10/h2-4,8,14H,5-6H2,1H3. The summed E-state index contributed by atoms with van der Waals surface area (Å²) < 4.78 is 18.2. The molecule has 4 nitrogen and oxygen atoms in total. The first-order valence-electron chi connectivity index (χ1n) is 4.92. The summed E-state index contributed by atoms with van der Waals surface area (Å²) >= 11 is 0. The lowest BCUT2D eigenvalue weighted by Crippen LogP contribution is -2.12. The molecule has 1 N–H and O–H groups in total. The van der Waals surface area contributed by atoms with Crippen LogP contribution in [0.25, 0.3) is 0 Å². The normalized spacial score (nSPS) is 19.2. The highest BCUT2D eigenvalue weighted by molar-refractivity contribution is 6.01. The minimum absolute atomic E-state index is 0.0916. The first-order chi connectivity index (χ1) is 7.74. The zero-order valence-electron chi connectivity index (χ0n) is 8.81. The Morgan fingerprint density at radius 2 is 2.44 bits per heavy atom. The van der Waals surface area contributed by atoms with E-state index in [2.05, 4.69) is 5.16 Å². The van der Waals surface area contributed by atoms with Crippen molar-refractivity contribution in [3.05, 3.63) is 29.6 Å². The van der Waals surface area contributed by atoms with E-state index in [1.54, 1.807) is 12.1 Å². The van der Waals surface area contributed by atoms with Crippen LogP contribution in [0.15, 0.2) is 23.4 Å². The average molecular weight is 225 g/mol. The number of aliphatic hydroxyl groups is 1. The number of halogens is 1. The quantitative estimate of drug-likeness (QED) is 0.844. The van der Waals surface area contributed by atoms with Gasteiger partial charge in [0.15, 0.2) is 17.7 Å². The van der Waals surface area contributed by atoms with Crippen LogP contribution < -0.4 is 4.74 Å². The van der Waals surface area contributed by atoms with Gasteiger partial charge in [0.25, 0.3) is 0 Å². The van der Waals surface area contributed by atoms with E-state index in [4.69, 9.17) is 14.7 Å². The van der Waals surface area contributed by atoms with Gasteiger partial charge in [0.2, 0.25) is 0 Å². The zero-order valence-corrected chi connectivity index (χ0v) is 8.81. The van der Waals surface area contributed by atoms with E-state index < -0.39 is 5.82 Å². The van der Waals surface area contributed by atoms with Crippen LogP contribution in [0.3, 0.4) is 0 Å². The third-order valence-electron chi connectivity index (χ3n) is 2.42. The fourth-order valence-electron chi connectivity index (χ4n) is 1.54. The Hall–Kier alpha value is -1.62. The van der Waals surface area contributed by atoms with E-state index in [-0.39, 0.29) is 18.5 Å². The van der Waals surface area contributed by atoms with E-state index >= 15 is 0 Å².